The third-order valence-corrected chi connectivity index (χ3v) is 3.14. The minimum Gasteiger partial charge on any atom is -0.394 e. The number of carbonyl (C=O) groups excluding carboxylic acids is 1. The number of aliphatic hydroxyl groups is 2. The molecule has 2 N–H and O–H groups in total. The number of hydrogen-bond donors (Lipinski definition) is 2. The molecule has 1 aromatic heterocycles. The summed E-state index contributed by atoms with van der Waals surface area (Å²) in [5.74, 6) is 0.695. The second kappa shape index (κ2) is 6.15. The molecule has 5 nitrogen and oxygen atoms in total. The molecule has 0 aliphatic heterocycles. The van der Waals surface area contributed by atoms with E-state index in [1.54, 1.807) is 6.92 Å². The minimum absolute atomic E-state index is 0.100. The molecule has 1 aromatic rings. The topological polar surface area (TPSA) is 83.3 Å². The molecule has 0 radical (unpaired) electrons. The van der Waals surface area contributed by atoms with Crippen molar-refractivity contribution in [2.45, 2.75) is 18.1 Å². The van der Waals surface area contributed by atoms with E-state index in [0.29, 0.717) is 17.1 Å². The quantitative estimate of drug-likeness (QED) is 0.462. The highest BCUT2D eigenvalue weighted by Crippen LogP contribution is 2.24. The van der Waals surface area contributed by atoms with Gasteiger partial charge in [0.25, 0.3) is 0 Å². The Hall–Kier alpha value is -0.690. The molecular weight excluding hydrogens is 252 g/mol. The van der Waals surface area contributed by atoms with Crippen LogP contribution >= 0.6 is 23.4 Å². The highest BCUT2D eigenvalue weighted by Gasteiger charge is 2.13. The summed E-state index contributed by atoms with van der Waals surface area (Å²) >= 11 is 6.93. The van der Waals surface area contributed by atoms with Gasteiger partial charge < -0.3 is 10.2 Å². The number of aryl methyl sites for hydroxylation is 1. The lowest BCUT2D eigenvalue weighted by molar-refractivity contribution is 0.111. The molecule has 1 heterocycles. The molecule has 7 heteroatoms. The van der Waals surface area contributed by atoms with E-state index in [1.165, 1.54) is 0 Å². The highest BCUT2D eigenvalue weighted by molar-refractivity contribution is 7.99. The van der Waals surface area contributed by atoms with E-state index in [4.69, 9.17) is 16.7 Å². The summed E-state index contributed by atoms with van der Waals surface area (Å²) in [7, 11) is 0. The van der Waals surface area contributed by atoms with Crippen molar-refractivity contribution in [3.05, 3.63) is 16.5 Å². The lowest BCUT2D eigenvalue weighted by Crippen LogP contribution is -2.15. The fraction of sp³-hybridized carbons (Fsp3) is 0.444. The van der Waals surface area contributed by atoms with Crippen molar-refractivity contribution in [2.24, 2.45) is 0 Å². The zero-order valence-corrected chi connectivity index (χ0v) is 10.1. The van der Waals surface area contributed by atoms with Crippen molar-refractivity contribution >= 4 is 29.6 Å². The Bertz CT molecular complexity index is 389. The van der Waals surface area contributed by atoms with Gasteiger partial charge in [0, 0.05) is 5.75 Å². The van der Waals surface area contributed by atoms with Crippen LogP contribution in [0.15, 0.2) is 5.03 Å². The van der Waals surface area contributed by atoms with Crippen LogP contribution < -0.4 is 0 Å². The summed E-state index contributed by atoms with van der Waals surface area (Å²) in [5.41, 5.74) is 0.211. The summed E-state index contributed by atoms with van der Waals surface area (Å²) < 4.78 is 0. The summed E-state index contributed by atoms with van der Waals surface area (Å²) in [5, 5.41) is 18.4. The fourth-order valence-corrected chi connectivity index (χ4v) is 2.22. The first-order valence-corrected chi connectivity index (χ1v) is 5.86. The second-order valence-electron chi connectivity index (χ2n) is 3.05. The van der Waals surface area contributed by atoms with Crippen LogP contribution in [0.4, 0.5) is 0 Å². The van der Waals surface area contributed by atoms with E-state index in [2.05, 4.69) is 9.97 Å². The van der Waals surface area contributed by atoms with E-state index in [0.717, 1.165) is 11.8 Å². The van der Waals surface area contributed by atoms with Crippen LogP contribution in [-0.2, 0) is 0 Å². The maximum Gasteiger partial charge on any atom is 0.155 e. The van der Waals surface area contributed by atoms with Gasteiger partial charge in [-0.1, -0.05) is 11.6 Å². The third kappa shape index (κ3) is 3.41. The van der Waals surface area contributed by atoms with Crippen LogP contribution in [0.3, 0.4) is 0 Å². The molecule has 1 atom stereocenters. The Morgan fingerprint density at radius 3 is 2.81 bits per heavy atom. The lowest BCUT2D eigenvalue weighted by Gasteiger charge is -2.08. The van der Waals surface area contributed by atoms with Crippen molar-refractivity contribution in [1.82, 2.24) is 9.97 Å². The summed E-state index contributed by atoms with van der Waals surface area (Å²) in [4.78, 5) is 18.7. The van der Waals surface area contributed by atoms with Gasteiger partial charge in [-0.15, -0.1) is 11.8 Å². The largest absolute Gasteiger partial charge is 0.394 e. The molecule has 0 bridgehead atoms. The first-order chi connectivity index (χ1) is 7.58. The summed E-state index contributed by atoms with van der Waals surface area (Å²) in [6.07, 6.45) is -0.270. The Morgan fingerprint density at radius 2 is 2.25 bits per heavy atom. The van der Waals surface area contributed by atoms with Crippen LogP contribution in [0.1, 0.15) is 16.2 Å². The molecule has 0 aliphatic rings. The van der Waals surface area contributed by atoms with Gasteiger partial charge >= 0.3 is 0 Å². The Kier molecular flexibility index (Phi) is 5.14. The number of aromatic nitrogens is 2. The van der Waals surface area contributed by atoms with Gasteiger partial charge in [-0.2, -0.15) is 0 Å². The Balaban J connectivity index is 2.89. The maximum absolute atomic E-state index is 10.8. The second-order valence-corrected chi connectivity index (χ2v) is 4.41. The van der Waals surface area contributed by atoms with E-state index in [9.17, 15) is 9.90 Å². The molecule has 0 aromatic carbocycles. The van der Waals surface area contributed by atoms with Crippen LogP contribution in [0, 0.1) is 6.92 Å². The number of thioether (sulfide) groups is 1. The number of carbonyl (C=O) groups is 1. The van der Waals surface area contributed by atoms with E-state index in [1.807, 2.05) is 0 Å². The first kappa shape index (κ1) is 13.4. The van der Waals surface area contributed by atoms with Crippen LogP contribution in [0.25, 0.3) is 0 Å². The van der Waals surface area contributed by atoms with E-state index in [-0.39, 0.29) is 23.1 Å². The lowest BCUT2D eigenvalue weighted by atomic mass is 10.4. The van der Waals surface area contributed by atoms with E-state index >= 15 is 0 Å². The molecule has 0 saturated carbocycles. The number of halogens is 1. The van der Waals surface area contributed by atoms with Crippen LogP contribution in [0.5, 0.6) is 0 Å². The van der Waals surface area contributed by atoms with Gasteiger partial charge in [0.1, 0.15) is 16.0 Å². The fourth-order valence-electron chi connectivity index (χ4n) is 0.960. The molecule has 1 rings (SSSR count). The number of hydrogen-bond acceptors (Lipinski definition) is 6. The van der Waals surface area contributed by atoms with Crippen molar-refractivity contribution in [3.63, 3.8) is 0 Å². The number of nitrogens with zero attached hydrogens (tertiary/aromatic N) is 2. The number of aliphatic hydroxyl groups excluding tert-OH is 2. The predicted molar refractivity (Wildman–Crippen MR) is 61.0 cm³/mol. The van der Waals surface area contributed by atoms with Gasteiger partial charge in [0.05, 0.1) is 18.3 Å². The Morgan fingerprint density at radius 1 is 1.56 bits per heavy atom. The number of aldehydes is 1. The summed E-state index contributed by atoms with van der Waals surface area (Å²) in [6, 6.07) is 0. The van der Waals surface area contributed by atoms with Gasteiger partial charge in [-0.05, 0) is 6.92 Å². The molecule has 0 saturated heterocycles. The zero-order valence-electron chi connectivity index (χ0n) is 8.55. The van der Waals surface area contributed by atoms with Gasteiger partial charge in [-0.25, -0.2) is 9.97 Å². The molecule has 0 fully saturated rings. The molecule has 1 unspecified atom stereocenters. The van der Waals surface area contributed by atoms with Crippen molar-refractivity contribution < 1.29 is 15.0 Å². The number of rotatable bonds is 5. The highest BCUT2D eigenvalue weighted by atomic mass is 35.5. The van der Waals surface area contributed by atoms with Crippen molar-refractivity contribution in [3.8, 4) is 0 Å². The molecule has 0 spiro atoms. The average Bonchev–Trinajstić information content (AvgIpc) is 2.25. The zero-order chi connectivity index (χ0) is 12.1. The van der Waals surface area contributed by atoms with Crippen LogP contribution in [0.2, 0.25) is 5.15 Å². The van der Waals surface area contributed by atoms with Gasteiger partial charge in [0.2, 0.25) is 0 Å². The predicted octanol–water partition coefficient (Wildman–Crippen LogP) is 0.696. The molecule has 16 heavy (non-hydrogen) atoms. The third-order valence-electron chi connectivity index (χ3n) is 1.72. The normalized spacial score (nSPS) is 12.5. The van der Waals surface area contributed by atoms with Crippen LogP contribution in [-0.4, -0.2) is 44.9 Å². The first-order valence-electron chi connectivity index (χ1n) is 4.49. The molecule has 0 aliphatic carbocycles. The summed E-state index contributed by atoms with van der Waals surface area (Å²) in [6.45, 7) is 1.33. The molecule has 0 amide bonds. The molecule has 88 valence electrons. The standard InChI is InChI=1S/C9H11ClN2O3S/c1-5-11-8(10)7(3-14)9(12-5)16-4-6(15)2-13/h3,6,13,15H,2,4H2,1H3. The van der Waals surface area contributed by atoms with Crippen molar-refractivity contribution in [1.29, 1.82) is 0 Å². The smallest absolute Gasteiger partial charge is 0.155 e. The van der Waals surface area contributed by atoms with E-state index < -0.39 is 6.10 Å². The van der Waals surface area contributed by atoms with Crippen molar-refractivity contribution in [2.75, 3.05) is 12.4 Å². The minimum atomic E-state index is -0.849. The van der Waals surface area contributed by atoms with Gasteiger partial charge in [0.15, 0.2) is 6.29 Å². The Labute approximate surface area is 102 Å². The maximum atomic E-state index is 10.8. The monoisotopic (exact) mass is 262 g/mol. The molecular formula is C9H11ClN2O3S. The average molecular weight is 263 g/mol. The van der Waals surface area contributed by atoms with Gasteiger partial charge in [-0.3, -0.25) is 4.79 Å². The SMILES string of the molecule is Cc1nc(Cl)c(C=O)c(SCC(O)CO)n1.